The van der Waals surface area contributed by atoms with Crippen molar-refractivity contribution in [2.75, 3.05) is 0 Å². The molecule has 1 aromatic rings. The molecular formula is C6H9NOS. The van der Waals surface area contributed by atoms with Crippen LogP contribution in [0.1, 0.15) is 9.75 Å². The van der Waals surface area contributed by atoms with Crippen LogP contribution in [0.25, 0.3) is 0 Å². The molecule has 0 aliphatic carbocycles. The van der Waals surface area contributed by atoms with Crippen LogP contribution in [-0.2, 0) is 6.54 Å². The topological polar surface area (TPSA) is 46.2 Å². The molecule has 1 rings (SSSR count). The highest BCUT2D eigenvalue weighted by atomic mass is 32.1. The van der Waals surface area contributed by atoms with Gasteiger partial charge in [-0.25, -0.2) is 0 Å². The van der Waals surface area contributed by atoms with E-state index in [1.807, 2.05) is 6.92 Å². The number of hydrogen-bond donors (Lipinski definition) is 2. The lowest BCUT2D eigenvalue weighted by Crippen LogP contribution is -1.91. The first-order valence-corrected chi connectivity index (χ1v) is 3.54. The highest BCUT2D eigenvalue weighted by Crippen LogP contribution is 2.26. The van der Waals surface area contributed by atoms with Crippen LogP contribution < -0.4 is 5.73 Å². The second-order valence-electron chi connectivity index (χ2n) is 1.87. The highest BCUT2D eigenvalue weighted by Gasteiger charge is 2.01. The van der Waals surface area contributed by atoms with Crippen molar-refractivity contribution < 1.29 is 5.11 Å². The van der Waals surface area contributed by atoms with Crippen LogP contribution >= 0.6 is 11.3 Å². The van der Waals surface area contributed by atoms with Crippen molar-refractivity contribution in [3.63, 3.8) is 0 Å². The highest BCUT2D eigenvalue weighted by molar-refractivity contribution is 7.12. The minimum atomic E-state index is 0.333. The van der Waals surface area contributed by atoms with Gasteiger partial charge < -0.3 is 10.8 Å². The summed E-state index contributed by atoms with van der Waals surface area (Å²) in [6.45, 7) is 2.38. The van der Waals surface area contributed by atoms with E-state index in [2.05, 4.69) is 0 Å². The Labute approximate surface area is 57.9 Å². The summed E-state index contributed by atoms with van der Waals surface area (Å²) < 4.78 is 0. The van der Waals surface area contributed by atoms with Gasteiger partial charge in [-0.05, 0) is 13.0 Å². The van der Waals surface area contributed by atoms with E-state index < -0.39 is 0 Å². The molecule has 9 heavy (non-hydrogen) atoms. The molecule has 0 aromatic carbocycles. The van der Waals surface area contributed by atoms with Gasteiger partial charge in [0, 0.05) is 11.4 Å². The van der Waals surface area contributed by atoms with Crippen LogP contribution in [0.15, 0.2) is 6.07 Å². The van der Waals surface area contributed by atoms with Gasteiger partial charge in [0.05, 0.1) is 4.88 Å². The Hall–Kier alpha value is -0.540. The lowest BCUT2D eigenvalue weighted by atomic mass is 10.4. The Bertz CT molecular complexity index is 207. The molecule has 0 atom stereocenters. The first-order chi connectivity index (χ1) is 4.24. The summed E-state index contributed by atoms with van der Waals surface area (Å²) in [5, 5.41) is 9.06. The zero-order chi connectivity index (χ0) is 6.85. The van der Waals surface area contributed by atoms with Crippen LogP contribution in [0.2, 0.25) is 0 Å². The molecule has 0 bridgehead atoms. The van der Waals surface area contributed by atoms with Crippen molar-refractivity contribution in [3.8, 4) is 5.75 Å². The summed E-state index contributed by atoms with van der Waals surface area (Å²) in [5.41, 5.74) is 5.31. The van der Waals surface area contributed by atoms with Gasteiger partial charge in [0.1, 0.15) is 5.75 Å². The fraction of sp³-hybridized carbons (Fsp3) is 0.333. The number of aromatic hydroxyl groups is 1. The molecule has 0 saturated heterocycles. The Morgan fingerprint density at radius 2 is 2.44 bits per heavy atom. The van der Waals surface area contributed by atoms with Crippen LogP contribution in [-0.4, -0.2) is 5.11 Å². The summed E-state index contributed by atoms with van der Waals surface area (Å²) in [6, 6.07) is 1.73. The van der Waals surface area contributed by atoms with Gasteiger partial charge in [-0.15, -0.1) is 11.3 Å². The maximum atomic E-state index is 9.06. The maximum Gasteiger partial charge on any atom is 0.131 e. The molecule has 1 heterocycles. The molecule has 0 radical (unpaired) electrons. The van der Waals surface area contributed by atoms with E-state index in [0.29, 0.717) is 12.3 Å². The Morgan fingerprint density at radius 1 is 1.78 bits per heavy atom. The molecule has 0 amide bonds. The molecule has 3 N–H and O–H groups in total. The van der Waals surface area contributed by atoms with Gasteiger partial charge in [-0.2, -0.15) is 0 Å². The first-order valence-electron chi connectivity index (χ1n) is 2.72. The second-order valence-corrected chi connectivity index (χ2v) is 3.21. The molecule has 1 aromatic heterocycles. The maximum absolute atomic E-state index is 9.06. The number of hydrogen-bond acceptors (Lipinski definition) is 3. The summed E-state index contributed by atoms with van der Waals surface area (Å²) >= 11 is 1.54. The molecule has 2 nitrogen and oxygen atoms in total. The third kappa shape index (κ3) is 1.23. The molecule has 0 unspecified atom stereocenters. The molecule has 0 spiro atoms. The smallest absolute Gasteiger partial charge is 0.131 e. The largest absolute Gasteiger partial charge is 0.507 e. The van der Waals surface area contributed by atoms with Crippen LogP contribution in [0, 0.1) is 6.92 Å². The molecule has 0 fully saturated rings. The van der Waals surface area contributed by atoms with Crippen molar-refractivity contribution >= 4 is 11.3 Å². The van der Waals surface area contributed by atoms with Crippen LogP contribution in [0.5, 0.6) is 5.75 Å². The monoisotopic (exact) mass is 143 g/mol. The quantitative estimate of drug-likeness (QED) is 0.621. The van der Waals surface area contributed by atoms with Gasteiger partial charge in [0.2, 0.25) is 0 Å². The van der Waals surface area contributed by atoms with Crippen molar-refractivity contribution in [1.29, 1.82) is 0 Å². The fourth-order valence-electron chi connectivity index (χ4n) is 0.695. The standard InChI is InChI=1S/C6H9NOS/c1-4-2-5(8)6(3-7)9-4/h2,8H,3,7H2,1H3. The first kappa shape index (κ1) is 6.58. The normalized spacial score (nSPS) is 10.0. The van der Waals surface area contributed by atoms with Gasteiger partial charge in [-0.3, -0.25) is 0 Å². The van der Waals surface area contributed by atoms with E-state index in [1.54, 1.807) is 6.07 Å². The van der Waals surface area contributed by atoms with Gasteiger partial charge in [-0.1, -0.05) is 0 Å². The number of nitrogens with two attached hydrogens (primary N) is 1. The molecule has 0 saturated carbocycles. The summed E-state index contributed by atoms with van der Waals surface area (Å²) in [6.07, 6.45) is 0. The van der Waals surface area contributed by atoms with Gasteiger partial charge in [0.15, 0.2) is 0 Å². The van der Waals surface area contributed by atoms with E-state index in [0.717, 1.165) is 9.75 Å². The van der Waals surface area contributed by atoms with E-state index in [1.165, 1.54) is 11.3 Å². The molecule has 0 aliphatic heterocycles. The van der Waals surface area contributed by atoms with Crippen molar-refractivity contribution in [3.05, 3.63) is 15.8 Å². The fourth-order valence-corrected chi connectivity index (χ4v) is 1.50. The van der Waals surface area contributed by atoms with Crippen LogP contribution in [0.3, 0.4) is 0 Å². The van der Waals surface area contributed by atoms with Gasteiger partial charge >= 0.3 is 0 Å². The van der Waals surface area contributed by atoms with Crippen LogP contribution in [0.4, 0.5) is 0 Å². The molecule has 0 aliphatic rings. The van der Waals surface area contributed by atoms with E-state index >= 15 is 0 Å². The van der Waals surface area contributed by atoms with Crippen molar-refractivity contribution in [1.82, 2.24) is 0 Å². The van der Waals surface area contributed by atoms with E-state index in [4.69, 9.17) is 10.8 Å². The molecule has 50 valence electrons. The third-order valence-electron chi connectivity index (χ3n) is 1.10. The van der Waals surface area contributed by atoms with Crippen molar-refractivity contribution in [2.24, 2.45) is 5.73 Å². The Morgan fingerprint density at radius 3 is 2.67 bits per heavy atom. The minimum Gasteiger partial charge on any atom is -0.507 e. The average molecular weight is 143 g/mol. The molecule has 3 heteroatoms. The number of thiophene rings is 1. The number of rotatable bonds is 1. The Balaban J connectivity index is 3.01. The minimum absolute atomic E-state index is 0.333. The SMILES string of the molecule is Cc1cc(O)c(CN)s1. The van der Waals surface area contributed by atoms with Gasteiger partial charge in [0.25, 0.3) is 0 Å². The summed E-state index contributed by atoms with van der Waals surface area (Å²) in [5.74, 6) is 0.333. The summed E-state index contributed by atoms with van der Waals surface area (Å²) in [4.78, 5) is 1.97. The number of aryl methyl sites for hydroxylation is 1. The zero-order valence-corrected chi connectivity index (χ0v) is 6.03. The second kappa shape index (κ2) is 2.37. The summed E-state index contributed by atoms with van der Waals surface area (Å²) in [7, 11) is 0. The zero-order valence-electron chi connectivity index (χ0n) is 5.22. The van der Waals surface area contributed by atoms with E-state index in [9.17, 15) is 0 Å². The average Bonchev–Trinajstić information content (AvgIpc) is 2.10. The lowest BCUT2D eigenvalue weighted by molar-refractivity contribution is 0.472. The molecular weight excluding hydrogens is 134 g/mol. The van der Waals surface area contributed by atoms with Crippen molar-refractivity contribution in [2.45, 2.75) is 13.5 Å². The predicted molar refractivity (Wildman–Crippen MR) is 38.6 cm³/mol. The van der Waals surface area contributed by atoms with E-state index in [-0.39, 0.29) is 0 Å². The lowest BCUT2D eigenvalue weighted by Gasteiger charge is -1.87. The Kier molecular flexibility index (Phi) is 1.73. The predicted octanol–water partition coefficient (Wildman–Crippen LogP) is 1.22. The third-order valence-corrected chi connectivity index (χ3v) is 2.16.